The number of ether oxygens (including phenoxy) is 3. The molecule has 1 fully saturated rings. The summed E-state index contributed by atoms with van der Waals surface area (Å²) in [7, 11) is 5.66. The topological polar surface area (TPSA) is 231 Å². The van der Waals surface area contributed by atoms with Gasteiger partial charge in [-0.15, -0.1) is 23.5 Å². The first kappa shape index (κ1) is 42.4. The summed E-state index contributed by atoms with van der Waals surface area (Å²) < 4.78 is 18.7. The van der Waals surface area contributed by atoms with Gasteiger partial charge in [0, 0.05) is 45.5 Å². The summed E-state index contributed by atoms with van der Waals surface area (Å²) in [5, 5.41) is 19.7. The molecule has 0 spiro atoms. The summed E-state index contributed by atoms with van der Waals surface area (Å²) >= 11 is 3.55. The fourth-order valence-electron chi connectivity index (χ4n) is 5.80. The van der Waals surface area contributed by atoms with Gasteiger partial charge in [-0.3, -0.25) is 34.1 Å². The fourth-order valence-corrected chi connectivity index (χ4v) is 8.66. The molecule has 4 amide bonds. The number of hydrogen-bond donors (Lipinski definition) is 3. The molecule has 4 rings (SSSR count). The van der Waals surface area contributed by atoms with Gasteiger partial charge in [-0.05, 0) is 30.8 Å². The van der Waals surface area contributed by atoms with E-state index >= 15 is 0 Å². The number of thioether (sulfide) groups is 2. The van der Waals surface area contributed by atoms with Crippen LogP contribution in [0.15, 0.2) is 24.5 Å². The molecule has 298 valence electrons. The van der Waals surface area contributed by atoms with Crippen molar-refractivity contribution in [2.24, 2.45) is 14.1 Å². The van der Waals surface area contributed by atoms with Crippen LogP contribution in [0, 0.1) is 10.1 Å². The smallest absolute Gasteiger partial charge is 0.325 e. The molecule has 0 unspecified atom stereocenters. The largest absolute Gasteiger partial charge is 0.493 e. The molecule has 3 heterocycles. The Morgan fingerprint density at radius 3 is 2.20 bits per heavy atom. The highest BCUT2D eigenvalue weighted by Crippen LogP contribution is 2.39. The second-order valence-electron chi connectivity index (χ2n) is 12.1. The van der Waals surface area contributed by atoms with Crippen molar-refractivity contribution in [1.29, 1.82) is 0 Å². The highest BCUT2D eigenvalue weighted by molar-refractivity contribution is 8.17. The molecular formula is C34H45N9O10S2. The lowest BCUT2D eigenvalue weighted by Gasteiger charge is -2.31. The molecule has 1 aromatic carbocycles. The zero-order valence-corrected chi connectivity index (χ0v) is 33.0. The lowest BCUT2D eigenvalue weighted by molar-refractivity contribution is -0.385. The van der Waals surface area contributed by atoms with Crippen molar-refractivity contribution in [3.63, 3.8) is 0 Å². The van der Waals surface area contributed by atoms with Crippen LogP contribution >= 0.6 is 23.5 Å². The van der Waals surface area contributed by atoms with Crippen LogP contribution < -0.4 is 25.4 Å². The first-order chi connectivity index (χ1) is 26.3. The number of rotatable bonds is 19. The molecule has 2 aromatic heterocycles. The van der Waals surface area contributed by atoms with Gasteiger partial charge in [-0.2, -0.15) is 0 Å². The summed E-state index contributed by atoms with van der Waals surface area (Å²) in [4.78, 5) is 84.7. The van der Waals surface area contributed by atoms with Gasteiger partial charge in [0.25, 0.3) is 23.4 Å². The summed E-state index contributed by atoms with van der Waals surface area (Å²) in [6.45, 7) is 4.29. The van der Waals surface area contributed by atoms with Crippen LogP contribution in [0.5, 0.6) is 11.5 Å². The highest BCUT2D eigenvalue weighted by atomic mass is 32.2. The van der Waals surface area contributed by atoms with E-state index in [9.17, 15) is 34.1 Å². The minimum Gasteiger partial charge on any atom is -0.493 e. The van der Waals surface area contributed by atoms with Gasteiger partial charge < -0.3 is 44.2 Å². The number of aromatic nitrogens is 4. The lowest BCUT2D eigenvalue weighted by atomic mass is 10.1. The highest BCUT2D eigenvalue weighted by Gasteiger charge is 2.38. The Kier molecular flexibility index (Phi) is 15.3. The predicted molar refractivity (Wildman–Crippen MR) is 206 cm³/mol. The molecule has 1 aliphatic heterocycles. The van der Waals surface area contributed by atoms with E-state index in [1.807, 2.05) is 0 Å². The van der Waals surface area contributed by atoms with Crippen LogP contribution in [0.1, 0.15) is 71.1 Å². The van der Waals surface area contributed by atoms with Gasteiger partial charge in [0.05, 0.1) is 42.4 Å². The van der Waals surface area contributed by atoms with Crippen molar-refractivity contribution in [3.05, 3.63) is 51.9 Å². The van der Waals surface area contributed by atoms with Crippen LogP contribution in [0.4, 0.5) is 17.3 Å². The molecule has 0 saturated carbocycles. The van der Waals surface area contributed by atoms with Gasteiger partial charge in [0.15, 0.2) is 23.1 Å². The van der Waals surface area contributed by atoms with Crippen LogP contribution in [-0.2, 0) is 28.4 Å². The Balaban J connectivity index is 1.33. The molecule has 3 aromatic rings. The van der Waals surface area contributed by atoms with E-state index in [1.165, 1.54) is 54.9 Å². The molecule has 0 bridgehead atoms. The molecular weight excluding hydrogens is 759 g/mol. The van der Waals surface area contributed by atoms with E-state index in [-0.39, 0.29) is 77.0 Å². The van der Waals surface area contributed by atoms with Crippen molar-refractivity contribution in [1.82, 2.24) is 29.3 Å². The Labute approximate surface area is 325 Å². The van der Waals surface area contributed by atoms with Crippen LogP contribution in [0.25, 0.3) is 0 Å². The number of nitro benzene ring substituents is 1. The average molecular weight is 804 g/mol. The molecule has 19 nitrogen and oxygen atoms in total. The standard InChI is InChI=1S/C34H45N9O10S2/c1-7-54-34(55-8-2)21-11-9-13-42(21)33(48)20-15-23(51-5)24(16-22(20)43(49)50)53-14-10-12-27(44)36-25-18-41(4)30(37-25)32(47)39-26-19-40(3)29(38-26)31(46)35-17-28(45)52-6/h15-16,18-19,21,34H,7-14,17H2,1-6H3,(H,35,46)(H,36,44)(H,39,47)/t21-/m0/s1. The molecule has 1 saturated heterocycles. The van der Waals surface area contributed by atoms with E-state index in [4.69, 9.17) is 9.47 Å². The van der Waals surface area contributed by atoms with Gasteiger partial charge in [-0.1, -0.05) is 13.8 Å². The van der Waals surface area contributed by atoms with Crippen LogP contribution in [0.2, 0.25) is 0 Å². The maximum absolute atomic E-state index is 13.8. The first-order valence-electron chi connectivity index (χ1n) is 17.4. The molecule has 0 radical (unpaired) electrons. The summed E-state index contributed by atoms with van der Waals surface area (Å²) in [5.74, 6) is -0.780. The van der Waals surface area contributed by atoms with Crippen molar-refractivity contribution < 1.29 is 43.1 Å². The van der Waals surface area contributed by atoms with Crippen molar-refractivity contribution in [2.75, 3.05) is 56.1 Å². The fraction of sp³-hybridized carbons (Fsp3) is 0.500. The molecule has 1 aliphatic rings. The van der Waals surface area contributed by atoms with Crippen LogP contribution in [0.3, 0.4) is 0 Å². The number of carbonyl (C=O) groups is 5. The monoisotopic (exact) mass is 803 g/mol. The summed E-state index contributed by atoms with van der Waals surface area (Å²) in [5.41, 5.74) is -0.470. The number of benzene rings is 1. The van der Waals surface area contributed by atoms with E-state index in [1.54, 1.807) is 35.5 Å². The number of nitrogens with zero attached hydrogens (tertiary/aromatic N) is 6. The Hall–Kier alpha value is -5.31. The SMILES string of the molecule is CCSC(SCC)[C@@H]1CCCN1C(=O)c1cc(OC)c(OCCCC(=O)Nc2cn(C)c(C(=O)Nc3cn(C)c(C(=O)NCC(=O)OC)n3)n2)cc1[N+](=O)[O-]. The number of carbonyl (C=O) groups excluding carboxylic acids is 5. The summed E-state index contributed by atoms with van der Waals surface area (Å²) in [6.07, 6.45) is 4.67. The maximum atomic E-state index is 13.8. The third kappa shape index (κ3) is 10.9. The molecule has 1 atom stereocenters. The third-order valence-electron chi connectivity index (χ3n) is 8.34. The molecule has 55 heavy (non-hydrogen) atoms. The Morgan fingerprint density at radius 2 is 1.60 bits per heavy atom. The minimum atomic E-state index is -0.665. The van der Waals surface area contributed by atoms with Gasteiger partial charge >= 0.3 is 5.97 Å². The number of aryl methyl sites for hydroxylation is 2. The number of esters is 1. The number of hydrogen-bond acceptors (Lipinski definition) is 14. The quantitative estimate of drug-likeness (QED) is 0.0518. The Bertz CT molecular complexity index is 1890. The number of methoxy groups -OCH3 is 2. The van der Waals surface area contributed by atoms with Crippen LogP contribution in [-0.4, -0.2) is 115 Å². The minimum absolute atomic E-state index is 0.00472. The van der Waals surface area contributed by atoms with Crippen molar-refractivity contribution >= 4 is 70.4 Å². The molecule has 3 N–H and O–H groups in total. The average Bonchev–Trinajstić information content (AvgIpc) is 3.89. The molecule has 0 aliphatic carbocycles. The van der Waals surface area contributed by atoms with Gasteiger partial charge in [0.2, 0.25) is 17.6 Å². The maximum Gasteiger partial charge on any atom is 0.325 e. The van der Waals surface area contributed by atoms with E-state index in [0.29, 0.717) is 6.54 Å². The van der Waals surface area contributed by atoms with Gasteiger partial charge in [-0.25, -0.2) is 9.97 Å². The number of amides is 4. The van der Waals surface area contributed by atoms with E-state index in [2.05, 4.69) is 44.5 Å². The first-order valence-corrected chi connectivity index (χ1v) is 19.5. The number of nitrogens with one attached hydrogen (secondary N) is 3. The second kappa shape index (κ2) is 19.9. The van der Waals surface area contributed by atoms with E-state index in [0.717, 1.165) is 24.3 Å². The summed E-state index contributed by atoms with van der Waals surface area (Å²) in [6, 6.07) is 2.48. The van der Waals surface area contributed by atoms with Crippen molar-refractivity contribution in [2.45, 2.75) is 50.2 Å². The normalized spacial score (nSPS) is 13.7. The Morgan fingerprint density at radius 1 is 0.964 bits per heavy atom. The second-order valence-corrected chi connectivity index (χ2v) is 15.2. The van der Waals surface area contributed by atoms with E-state index < -0.39 is 40.2 Å². The number of anilines is 2. The van der Waals surface area contributed by atoms with Gasteiger partial charge in [0.1, 0.15) is 12.1 Å². The number of nitro groups is 1. The zero-order valence-electron chi connectivity index (χ0n) is 31.4. The molecule has 21 heteroatoms. The number of imidazole rings is 2. The lowest BCUT2D eigenvalue weighted by Crippen LogP contribution is -2.41. The zero-order chi connectivity index (χ0) is 40.2. The predicted octanol–water partition coefficient (Wildman–Crippen LogP) is 3.46. The third-order valence-corrected chi connectivity index (χ3v) is 11.1. The number of likely N-dealkylation sites (tertiary alicyclic amines) is 1. The van der Waals surface area contributed by atoms with Crippen molar-refractivity contribution in [3.8, 4) is 11.5 Å².